The van der Waals surface area contributed by atoms with Gasteiger partial charge in [-0.25, -0.2) is 12.4 Å². The van der Waals surface area contributed by atoms with Crippen molar-refractivity contribution >= 4 is 26.7 Å². The molecule has 0 bridgehead atoms. The van der Waals surface area contributed by atoms with Crippen LogP contribution in [0.3, 0.4) is 0 Å². The van der Waals surface area contributed by atoms with Crippen LogP contribution in [0.4, 0.5) is 0 Å². The molecular formula is C22H18N2O4S. The molecule has 0 amide bonds. The van der Waals surface area contributed by atoms with E-state index in [4.69, 9.17) is 4.74 Å². The highest BCUT2D eigenvalue weighted by molar-refractivity contribution is 7.90. The second kappa shape index (κ2) is 7.52. The van der Waals surface area contributed by atoms with Gasteiger partial charge in [0, 0.05) is 35.8 Å². The fourth-order valence-electron chi connectivity index (χ4n) is 3.10. The van der Waals surface area contributed by atoms with Crippen LogP contribution >= 0.6 is 0 Å². The average molecular weight is 406 g/mol. The zero-order valence-electron chi connectivity index (χ0n) is 15.6. The van der Waals surface area contributed by atoms with Gasteiger partial charge in [0.15, 0.2) is 5.78 Å². The summed E-state index contributed by atoms with van der Waals surface area (Å²) < 4.78 is 33.4. The maximum Gasteiger partial charge on any atom is 0.268 e. The van der Waals surface area contributed by atoms with Crippen LogP contribution in [0.1, 0.15) is 23.7 Å². The summed E-state index contributed by atoms with van der Waals surface area (Å²) in [6.45, 7) is 1.75. The molecule has 0 aliphatic rings. The van der Waals surface area contributed by atoms with Gasteiger partial charge < -0.3 is 4.74 Å². The molecule has 0 saturated heterocycles. The second-order valence-electron chi connectivity index (χ2n) is 6.40. The summed E-state index contributed by atoms with van der Waals surface area (Å²) in [7, 11) is -3.88. The molecule has 2 heterocycles. The monoisotopic (exact) mass is 406 g/mol. The van der Waals surface area contributed by atoms with E-state index in [0.717, 1.165) is 3.97 Å². The number of fused-ring (bicyclic) bond motifs is 1. The van der Waals surface area contributed by atoms with E-state index in [1.807, 2.05) is 0 Å². The summed E-state index contributed by atoms with van der Waals surface area (Å²) >= 11 is 0. The molecule has 0 N–H and O–H groups in total. The molecule has 6 nitrogen and oxygen atoms in total. The fraction of sp³-hybridized carbons (Fsp3) is 0.0909. The molecule has 0 aliphatic heterocycles. The lowest BCUT2D eigenvalue weighted by Gasteiger charge is -2.09. The smallest absolute Gasteiger partial charge is 0.268 e. The van der Waals surface area contributed by atoms with E-state index >= 15 is 0 Å². The molecular weight excluding hydrogens is 388 g/mol. The number of pyridine rings is 1. The summed E-state index contributed by atoms with van der Waals surface area (Å²) in [6.07, 6.45) is 4.87. The molecule has 4 rings (SSSR count). The van der Waals surface area contributed by atoms with E-state index in [9.17, 15) is 13.2 Å². The Morgan fingerprint density at radius 3 is 2.52 bits per heavy atom. The van der Waals surface area contributed by atoms with Gasteiger partial charge in [0.1, 0.15) is 11.5 Å². The number of hydrogen-bond acceptors (Lipinski definition) is 5. The first-order chi connectivity index (χ1) is 14.0. The van der Waals surface area contributed by atoms with E-state index < -0.39 is 10.0 Å². The van der Waals surface area contributed by atoms with Crippen LogP contribution in [0.25, 0.3) is 10.9 Å². The number of carbonyl (C=O) groups excluding carboxylic acids is 1. The number of carbonyl (C=O) groups is 1. The van der Waals surface area contributed by atoms with Crippen molar-refractivity contribution in [3.63, 3.8) is 0 Å². The topological polar surface area (TPSA) is 78.3 Å². The summed E-state index contributed by atoms with van der Waals surface area (Å²) in [5.41, 5.74) is 0.752. The zero-order chi connectivity index (χ0) is 20.4. The van der Waals surface area contributed by atoms with Gasteiger partial charge in [-0.3, -0.25) is 9.78 Å². The Kier molecular flexibility index (Phi) is 4.90. The number of ketones is 1. The molecule has 0 unspecified atom stereocenters. The second-order valence-corrected chi connectivity index (χ2v) is 8.22. The summed E-state index contributed by atoms with van der Waals surface area (Å²) in [4.78, 5) is 16.6. The highest BCUT2D eigenvalue weighted by Gasteiger charge is 2.23. The van der Waals surface area contributed by atoms with Gasteiger partial charge in [-0.05, 0) is 36.4 Å². The molecule has 146 valence electrons. The van der Waals surface area contributed by atoms with Gasteiger partial charge >= 0.3 is 0 Å². The number of Topliss-reactive ketones (excluding diaryl/α,β-unsaturated/α-hetero) is 1. The van der Waals surface area contributed by atoms with Crippen molar-refractivity contribution < 1.29 is 17.9 Å². The SMILES string of the molecule is CCC(=O)c1cn(S(=O)(=O)c2ccccc2)c2cc(Oc3cccnc3)ccc12. The van der Waals surface area contributed by atoms with Crippen LogP contribution in [0, 0.1) is 0 Å². The minimum Gasteiger partial charge on any atom is -0.456 e. The molecule has 0 aliphatic carbocycles. The van der Waals surface area contributed by atoms with Crippen LogP contribution in [0.2, 0.25) is 0 Å². The van der Waals surface area contributed by atoms with Gasteiger partial charge in [0.2, 0.25) is 0 Å². The van der Waals surface area contributed by atoms with Gasteiger partial charge in [0.05, 0.1) is 16.6 Å². The predicted octanol–water partition coefficient (Wildman–Crippen LogP) is 4.66. The highest BCUT2D eigenvalue weighted by atomic mass is 32.2. The van der Waals surface area contributed by atoms with Crippen molar-refractivity contribution in [2.75, 3.05) is 0 Å². The maximum atomic E-state index is 13.2. The molecule has 7 heteroatoms. The fourth-order valence-corrected chi connectivity index (χ4v) is 4.48. The summed E-state index contributed by atoms with van der Waals surface area (Å²) in [5, 5.41) is 0.565. The average Bonchev–Trinajstić information content (AvgIpc) is 3.14. The Balaban J connectivity index is 1.90. The molecule has 0 atom stereocenters. The number of rotatable bonds is 6. The van der Waals surface area contributed by atoms with Crippen molar-refractivity contribution in [2.24, 2.45) is 0 Å². The van der Waals surface area contributed by atoms with Crippen molar-refractivity contribution in [3.05, 3.63) is 84.8 Å². The Morgan fingerprint density at radius 2 is 1.83 bits per heavy atom. The van der Waals surface area contributed by atoms with E-state index in [2.05, 4.69) is 4.98 Å². The van der Waals surface area contributed by atoms with Gasteiger partial charge in [-0.2, -0.15) is 0 Å². The van der Waals surface area contributed by atoms with E-state index in [0.29, 0.717) is 28.0 Å². The number of aromatic nitrogens is 2. The first-order valence-corrected chi connectivity index (χ1v) is 10.5. The molecule has 4 aromatic rings. The summed E-state index contributed by atoms with van der Waals surface area (Å²) in [6, 6.07) is 16.7. The van der Waals surface area contributed by atoms with Gasteiger partial charge in [-0.15, -0.1) is 0 Å². The third-order valence-corrected chi connectivity index (χ3v) is 6.22. The van der Waals surface area contributed by atoms with E-state index in [1.54, 1.807) is 67.8 Å². The molecule has 0 spiro atoms. The number of nitrogens with zero attached hydrogens (tertiary/aromatic N) is 2. The molecule has 0 saturated carbocycles. The first-order valence-electron chi connectivity index (χ1n) is 9.07. The third-order valence-electron chi connectivity index (χ3n) is 4.53. The third kappa shape index (κ3) is 3.52. The number of benzene rings is 2. The van der Waals surface area contributed by atoms with Crippen molar-refractivity contribution in [1.82, 2.24) is 8.96 Å². The quantitative estimate of drug-likeness (QED) is 0.435. The number of ether oxygens (including phenoxy) is 1. The normalized spacial score (nSPS) is 11.5. The molecule has 0 fully saturated rings. The van der Waals surface area contributed by atoms with Crippen LogP contribution in [0.15, 0.2) is 84.1 Å². The van der Waals surface area contributed by atoms with Crippen LogP contribution in [-0.2, 0) is 10.0 Å². The Labute approximate surface area is 168 Å². The minimum atomic E-state index is -3.88. The zero-order valence-corrected chi connectivity index (χ0v) is 16.5. The van der Waals surface area contributed by atoms with Crippen molar-refractivity contribution in [2.45, 2.75) is 18.2 Å². The van der Waals surface area contributed by atoms with Crippen molar-refractivity contribution in [3.8, 4) is 11.5 Å². The van der Waals surface area contributed by atoms with Crippen LogP contribution in [0.5, 0.6) is 11.5 Å². The molecule has 29 heavy (non-hydrogen) atoms. The standard InChI is InChI=1S/C22H18N2O4S/c1-2-22(25)20-15-24(29(26,27)18-8-4-3-5-9-18)21-13-16(10-11-19(20)21)28-17-7-6-12-23-14-17/h3-15H,2H2,1H3. The van der Waals surface area contributed by atoms with E-state index in [1.165, 1.54) is 18.3 Å². The largest absolute Gasteiger partial charge is 0.456 e. The molecule has 2 aromatic heterocycles. The number of hydrogen-bond donors (Lipinski definition) is 0. The van der Waals surface area contributed by atoms with Crippen LogP contribution < -0.4 is 4.74 Å². The van der Waals surface area contributed by atoms with Crippen molar-refractivity contribution in [1.29, 1.82) is 0 Å². The van der Waals surface area contributed by atoms with Crippen LogP contribution in [-0.4, -0.2) is 23.2 Å². The first kappa shape index (κ1) is 18.9. The molecule has 0 radical (unpaired) electrons. The highest BCUT2D eigenvalue weighted by Crippen LogP contribution is 2.31. The Morgan fingerprint density at radius 1 is 1.03 bits per heavy atom. The Hall–Kier alpha value is -3.45. The van der Waals surface area contributed by atoms with Gasteiger partial charge in [-0.1, -0.05) is 25.1 Å². The lowest BCUT2D eigenvalue weighted by atomic mass is 10.1. The van der Waals surface area contributed by atoms with E-state index in [-0.39, 0.29) is 17.1 Å². The Bertz CT molecular complexity index is 1280. The molecule has 2 aromatic carbocycles. The minimum absolute atomic E-state index is 0.127. The lowest BCUT2D eigenvalue weighted by Crippen LogP contribution is -2.11. The summed E-state index contributed by atoms with van der Waals surface area (Å²) in [5.74, 6) is 0.849. The predicted molar refractivity (Wildman–Crippen MR) is 110 cm³/mol. The van der Waals surface area contributed by atoms with Gasteiger partial charge in [0.25, 0.3) is 10.0 Å². The maximum absolute atomic E-state index is 13.2. The lowest BCUT2D eigenvalue weighted by molar-refractivity contribution is 0.0989.